The first kappa shape index (κ1) is 13.5. The topological polar surface area (TPSA) is 104 Å². The Hall–Kier alpha value is -2.89. The third-order valence-corrected chi connectivity index (χ3v) is 2.73. The first-order valence-corrected chi connectivity index (χ1v) is 5.73. The predicted octanol–water partition coefficient (Wildman–Crippen LogP) is 1.74. The smallest absolute Gasteiger partial charge is 0.331 e. The van der Waals surface area contributed by atoms with Crippen LogP contribution < -0.4 is 0 Å². The molecule has 6 nitrogen and oxygen atoms in total. The molecule has 0 spiro atoms. The van der Waals surface area contributed by atoms with Crippen molar-refractivity contribution in [1.29, 1.82) is 0 Å². The normalized spacial score (nSPS) is 10.2. The Morgan fingerprint density at radius 2 is 2.00 bits per heavy atom. The van der Waals surface area contributed by atoms with Gasteiger partial charge in [-0.1, -0.05) is 12.6 Å². The number of rotatable bonds is 4. The van der Waals surface area contributed by atoms with Gasteiger partial charge in [0, 0.05) is 23.8 Å². The summed E-state index contributed by atoms with van der Waals surface area (Å²) in [6.45, 7) is 3.41. The summed E-state index contributed by atoms with van der Waals surface area (Å²) < 4.78 is 0. The van der Waals surface area contributed by atoms with E-state index in [9.17, 15) is 15.0 Å². The van der Waals surface area contributed by atoms with Crippen molar-refractivity contribution >= 4 is 5.97 Å². The van der Waals surface area contributed by atoms with Crippen molar-refractivity contribution in [2.75, 3.05) is 0 Å². The van der Waals surface area contributed by atoms with Gasteiger partial charge in [-0.05, 0) is 12.1 Å². The number of pyridine rings is 2. The average molecular weight is 272 g/mol. The molecule has 0 amide bonds. The zero-order valence-electron chi connectivity index (χ0n) is 10.4. The summed E-state index contributed by atoms with van der Waals surface area (Å²) in [7, 11) is 0. The Kier molecular flexibility index (Phi) is 3.65. The number of carboxylic acids is 1. The molecule has 0 aliphatic carbocycles. The minimum absolute atomic E-state index is 0.120. The molecule has 0 bridgehead atoms. The van der Waals surface area contributed by atoms with Gasteiger partial charge in [0.2, 0.25) is 0 Å². The van der Waals surface area contributed by atoms with Crippen molar-refractivity contribution in [2.45, 2.75) is 6.42 Å². The minimum Gasteiger partial charge on any atom is -0.504 e. The Balaban J connectivity index is 2.55. The van der Waals surface area contributed by atoms with Crippen LogP contribution in [0.2, 0.25) is 0 Å². The molecule has 0 aliphatic rings. The molecule has 0 saturated heterocycles. The second kappa shape index (κ2) is 5.40. The quantitative estimate of drug-likeness (QED) is 0.732. The fraction of sp³-hybridized carbons (Fsp3) is 0.0714. The molecular weight excluding hydrogens is 260 g/mol. The molecule has 2 aromatic heterocycles. The van der Waals surface area contributed by atoms with Crippen molar-refractivity contribution in [3.05, 3.63) is 48.3 Å². The van der Waals surface area contributed by atoms with Gasteiger partial charge in [0.25, 0.3) is 0 Å². The number of hydrogen-bond acceptors (Lipinski definition) is 5. The van der Waals surface area contributed by atoms with Crippen LogP contribution in [-0.4, -0.2) is 31.3 Å². The second-order valence-corrected chi connectivity index (χ2v) is 4.12. The molecule has 3 N–H and O–H groups in total. The summed E-state index contributed by atoms with van der Waals surface area (Å²) in [6.07, 6.45) is 2.50. The molecule has 102 valence electrons. The van der Waals surface area contributed by atoms with E-state index < -0.39 is 17.5 Å². The lowest BCUT2D eigenvalue weighted by Gasteiger charge is -2.11. The summed E-state index contributed by atoms with van der Waals surface area (Å²) in [4.78, 5) is 19.0. The molecule has 0 saturated carbocycles. The van der Waals surface area contributed by atoms with Gasteiger partial charge >= 0.3 is 5.97 Å². The third kappa shape index (κ3) is 2.59. The highest BCUT2D eigenvalue weighted by Gasteiger charge is 2.18. The molecule has 2 rings (SSSR count). The molecule has 2 heterocycles. The van der Waals surface area contributed by atoms with Crippen LogP contribution in [0.15, 0.2) is 42.7 Å². The zero-order chi connectivity index (χ0) is 14.7. The number of aliphatic carboxylic acids is 1. The minimum atomic E-state index is -1.18. The highest BCUT2D eigenvalue weighted by Crippen LogP contribution is 2.35. The number of aromatic hydroxyl groups is 2. The van der Waals surface area contributed by atoms with Crippen LogP contribution in [0, 0.1) is 0 Å². The molecule has 20 heavy (non-hydrogen) atoms. The van der Waals surface area contributed by atoms with Gasteiger partial charge in [0.1, 0.15) is 0 Å². The zero-order valence-corrected chi connectivity index (χ0v) is 10.4. The summed E-state index contributed by atoms with van der Waals surface area (Å²) in [5, 5.41) is 28.3. The lowest BCUT2D eigenvalue weighted by molar-refractivity contribution is -0.132. The molecule has 0 radical (unpaired) electrons. The highest BCUT2D eigenvalue weighted by atomic mass is 16.4. The maximum absolute atomic E-state index is 10.9. The van der Waals surface area contributed by atoms with Crippen molar-refractivity contribution < 1.29 is 20.1 Å². The van der Waals surface area contributed by atoms with Gasteiger partial charge < -0.3 is 15.3 Å². The van der Waals surface area contributed by atoms with Gasteiger partial charge in [-0.25, -0.2) is 4.79 Å². The van der Waals surface area contributed by atoms with Crippen LogP contribution in [0.25, 0.3) is 11.4 Å². The van der Waals surface area contributed by atoms with Crippen molar-refractivity contribution in [3.8, 4) is 22.9 Å². The van der Waals surface area contributed by atoms with Crippen molar-refractivity contribution in [1.82, 2.24) is 9.97 Å². The van der Waals surface area contributed by atoms with Gasteiger partial charge in [-0.15, -0.1) is 0 Å². The first-order valence-electron chi connectivity index (χ1n) is 5.73. The number of carboxylic acid groups (broad SMARTS) is 1. The lowest BCUT2D eigenvalue weighted by atomic mass is 10.0. The van der Waals surface area contributed by atoms with Gasteiger partial charge in [-0.3, -0.25) is 9.97 Å². The Morgan fingerprint density at radius 1 is 1.25 bits per heavy atom. The molecule has 0 aromatic carbocycles. The van der Waals surface area contributed by atoms with E-state index in [2.05, 4.69) is 16.5 Å². The summed E-state index contributed by atoms with van der Waals surface area (Å²) >= 11 is 0. The molecule has 0 fully saturated rings. The van der Waals surface area contributed by atoms with E-state index in [1.54, 1.807) is 24.4 Å². The van der Waals surface area contributed by atoms with E-state index in [4.69, 9.17) is 5.11 Å². The van der Waals surface area contributed by atoms with E-state index in [1.165, 1.54) is 0 Å². The van der Waals surface area contributed by atoms with Gasteiger partial charge in [-0.2, -0.15) is 0 Å². The molecule has 0 aliphatic heterocycles. The predicted molar refractivity (Wildman–Crippen MR) is 71.3 cm³/mol. The Morgan fingerprint density at radius 3 is 2.60 bits per heavy atom. The fourth-order valence-corrected chi connectivity index (χ4v) is 1.71. The second-order valence-electron chi connectivity index (χ2n) is 4.12. The fourth-order valence-electron chi connectivity index (χ4n) is 1.71. The SMILES string of the molecule is C=C(Cc1c(-c2ccccn2)ncc(O)c1O)C(=O)O. The number of aromatic nitrogens is 2. The Labute approximate surface area is 114 Å². The largest absolute Gasteiger partial charge is 0.504 e. The van der Waals surface area contributed by atoms with Crippen LogP contribution >= 0.6 is 0 Å². The molecule has 6 heteroatoms. The maximum Gasteiger partial charge on any atom is 0.331 e. The molecule has 2 aromatic rings. The molecular formula is C14H12N2O4. The summed E-state index contributed by atoms with van der Waals surface area (Å²) in [5.41, 5.74) is 0.834. The van der Waals surface area contributed by atoms with Crippen LogP contribution in [-0.2, 0) is 11.2 Å². The number of nitrogens with zero attached hydrogens (tertiary/aromatic N) is 2. The van der Waals surface area contributed by atoms with E-state index in [-0.39, 0.29) is 17.6 Å². The number of hydrogen-bond donors (Lipinski definition) is 3. The van der Waals surface area contributed by atoms with Gasteiger partial charge in [0.05, 0.1) is 17.6 Å². The van der Waals surface area contributed by atoms with Crippen molar-refractivity contribution in [2.24, 2.45) is 0 Å². The third-order valence-electron chi connectivity index (χ3n) is 2.73. The summed E-state index contributed by atoms with van der Waals surface area (Å²) in [6, 6.07) is 5.13. The van der Waals surface area contributed by atoms with E-state index in [0.29, 0.717) is 11.4 Å². The first-order chi connectivity index (χ1) is 9.50. The summed E-state index contributed by atoms with van der Waals surface area (Å²) in [5.74, 6) is -2.01. The molecule has 0 atom stereocenters. The molecule has 0 unspecified atom stereocenters. The van der Waals surface area contributed by atoms with E-state index in [1.807, 2.05) is 0 Å². The average Bonchev–Trinajstić information content (AvgIpc) is 2.45. The Bertz CT molecular complexity index is 668. The van der Waals surface area contributed by atoms with Crippen LogP contribution in [0.5, 0.6) is 11.5 Å². The standard InChI is InChI=1S/C14H12N2O4/c1-8(14(19)20)6-9-12(10-4-2-3-5-15-10)16-7-11(17)13(9)18/h2-5,7,17H,1,6H2,(H,16,18)(H,19,20). The van der Waals surface area contributed by atoms with Gasteiger partial charge in [0.15, 0.2) is 11.5 Å². The van der Waals surface area contributed by atoms with E-state index in [0.717, 1.165) is 6.20 Å². The van der Waals surface area contributed by atoms with E-state index >= 15 is 0 Å². The van der Waals surface area contributed by atoms with Crippen molar-refractivity contribution in [3.63, 3.8) is 0 Å². The monoisotopic (exact) mass is 272 g/mol. The van der Waals surface area contributed by atoms with Crippen LogP contribution in [0.3, 0.4) is 0 Å². The van der Waals surface area contributed by atoms with Crippen LogP contribution in [0.4, 0.5) is 0 Å². The highest BCUT2D eigenvalue weighted by molar-refractivity contribution is 5.87. The maximum atomic E-state index is 10.9. The lowest BCUT2D eigenvalue weighted by Crippen LogP contribution is -2.05. The number of carbonyl (C=O) groups is 1. The van der Waals surface area contributed by atoms with Crippen LogP contribution in [0.1, 0.15) is 5.56 Å².